The van der Waals surface area contributed by atoms with Crippen LogP contribution >= 0.6 is 46.9 Å². The molecule has 4 rings (SSSR count). The molecule has 148 valence electrons. The first-order valence-electron chi connectivity index (χ1n) is 9.05. The Labute approximate surface area is 192 Å². The zero-order chi connectivity index (χ0) is 20.9. The molecule has 0 saturated heterocycles. The predicted octanol–water partition coefficient (Wildman–Crippen LogP) is 7.18. The molecular weight excluding hydrogens is 452 g/mol. The summed E-state index contributed by atoms with van der Waals surface area (Å²) in [4.78, 5) is 30.4. The Morgan fingerprint density at radius 2 is 0.800 bits per heavy atom. The van der Waals surface area contributed by atoms with Gasteiger partial charge in [0.2, 0.25) is 11.6 Å². The number of thioether (sulfide) groups is 3. The topological polar surface area (TPSA) is 34.1 Å². The predicted molar refractivity (Wildman–Crippen MR) is 127 cm³/mol. The van der Waals surface area contributed by atoms with Gasteiger partial charge in [0.1, 0.15) is 5.03 Å². The van der Waals surface area contributed by atoms with Crippen molar-refractivity contribution >= 4 is 58.5 Å². The number of rotatable bonds is 6. The van der Waals surface area contributed by atoms with Crippen LogP contribution < -0.4 is 0 Å². The highest BCUT2D eigenvalue weighted by Gasteiger charge is 2.35. The first-order valence-corrected chi connectivity index (χ1v) is 11.9. The molecule has 0 unspecified atom stereocenters. The summed E-state index contributed by atoms with van der Waals surface area (Å²) in [6.07, 6.45) is 0. The maximum absolute atomic E-state index is 13.5. The first kappa shape index (κ1) is 21.1. The van der Waals surface area contributed by atoms with Gasteiger partial charge in [0.25, 0.3) is 0 Å². The molecule has 1 aliphatic carbocycles. The van der Waals surface area contributed by atoms with Crippen LogP contribution in [-0.2, 0) is 9.59 Å². The highest BCUT2D eigenvalue weighted by molar-refractivity contribution is 8.09. The van der Waals surface area contributed by atoms with Gasteiger partial charge in [-0.3, -0.25) is 9.59 Å². The molecule has 1 aliphatic rings. The highest BCUT2D eigenvalue weighted by Crippen LogP contribution is 2.47. The standard InChI is InChI=1S/C24H15ClO2S3/c25-19-20(26)23(29-17-12-6-2-7-13-17)24(30-18-14-8-3-9-15-18)21(27)22(19)28-16-10-4-1-5-11-16/h1-15H. The Hall–Kier alpha value is -2.18. The molecule has 0 saturated carbocycles. The van der Waals surface area contributed by atoms with Gasteiger partial charge in [-0.15, -0.1) is 0 Å². The zero-order valence-electron chi connectivity index (χ0n) is 15.6. The molecule has 6 heteroatoms. The van der Waals surface area contributed by atoms with Crippen molar-refractivity contribution in [3.05, 3.63) is 111 Å². The Bertz CT molecular complexity index is 1140. The van der Waals surface area contributed by atoms with Gasteiger partial charge in [0.05, 0.1) is 14.7 Å². The number of Topliss-reactive ketones (excluding diaryl/α,β-unsaturated/α-hetero) is 2. The van der Waals surface area contributed by atoms with Crippen LogP contribution in [0.1, 0.15) is 0 Å². The second kappa shape index (κ2) is 9.75. The van der Waals surface area contributed by atoms with Crippen molar-refractivity contribution in [2.45, 2.75) is 14.7 Å². The maximum Gasteiger partial charge on any atom is 0.213 e. The third kappa shape index (κ3) is 4.76. The van der Waals surface area contributed by atoms with E-state index in [0.29, 0.717) is 9.81 Å². The number of hydrogen-bond donors (Lipinski definition) is 0. The molecule has 0 N–H and O–H groups in total. The van der Waals surface area contributed by atoms with Crippen molar-refractivity contribution in [2.24, 2.45) is 0 Å². The van der Waals surface area contributed by atoms with Crippen molar-refractivity contribution in [1.82, 2.24) is 0 Å². The lowest BCUT2D eigenvalue weighted by molar-refractivity contribution is -0.114. The molecule has 0 heterocycles. The van der Waals surface area contributed by atoms with Crippen LogP contribution in [0.25, 0.3) is 0 Å². The fourth-order valence-corrected chi connectivity index (χ4v) is 6.10. The molecular formula is C24H15ClO2S3. The lowest BCUT2D eigenvalue weighted by Gasteiger charge is -2.20. The summed E-state index contributed by atoms with van der Waals surface area (Å²) in [6.45, 7) is 0. The minimum atomic E-state index is -0.318. The lowest BCUT2D eigenvalue weighted by atomic mass is 10.1. The van der Waals surface area contributed by atoms with E-state index >= 15 is 0 Å². The van der Waals surface area contributed by atoms with Crippen LogP contribution in [0.4, 0.5) is 0 Å². The Balaban J connectivity index is 1.75. The number of hydrogen-bond acceptors (Lipinski definition) is 5. The van der Waals surface area contributed by atoms with E-state index in [1.165, 1.54) is 35.3 Å². The Morgan fingerprint density at radius 3 is 1.20 bits per heavy atom. The van der Waals surface area contributed by atoms with Crippen LogP contribution in [0.3, 0.4) is 0 Å². The normalized spacial score (nSPS) is 14.4. The fraction of sp³-hybridized carbons (Fsp3) is 0. The number of ketones is 2. The smallest absolute Gasteiger partial charge is 0.213 e. The highest BCUT2D eigenvalue weighted by atomic mass is 35.5. The van der Waals surface area contributed by atoms with Gasteiger partial charge in [-0.25, -0.2) is 0 Å². The molecule has 0 bridgehead atoms. The Kier molecular flexibility index (Phi) is 6.85. The van der Waals surface area contributed by atoms with Crippen LogP contribution in [0, 0.1) is 0 Å². The van der Waals surface area contributed by atoms with Crippen LogP contribution in [0.15, 0.2) is 125 Å². The minimum Gasteiger partial charge on any atom is -0.287 e. The summed E-state index contributed by atoms with van der Waals surface area (Å²) in [5, 5.41) is -0.0234. The second-order valence-corrected chi connectivity index (χ2v) is 9.83. The molecule has 3 aromatic rings. The molecule has 2 nitrogen and oxygen atoms in total. The van der Waals surface area contributed by atoms with Gasteiger partial charge >= 0.3 is 0 Å². The van der Waals surface area contributed by atoms with Gasteiger partial charge < -0.3 is 0 Å². The molecule has 0 aliphatic heterocycles. The van der Waals surface area contributed by atoms with E-state index < -0.39 is 0 Å². The monoisotopic (exact) mass is 466 g/mol. The quantitative estimate of drug-likeness (QED) is 0.359. The summed E-state index contributed by atoms with van der Waals surface area (Å²) in [7, 11) is 0. The third-order valence-electron chi connectivity index (χ3n) is 4.11. The number of carbonyl (C=O) groups is 2. The minimum absolute atomic E-state index is 0.0234. The van der Waals surface area contributed by atoms with Crippen molar-refractivity contribution in [3.63, 3.8) is 0 Å². The van der Waals surface area contributed by atoms with E-state index in [9.17, 15) is 9.59 Å². The summed E-state index contributed by atoms with van der Waals surface area (Å²) >= 11 is 10.2. The summed E-state index contributed by atoms with van der Waals surface area (Å²) in [5.41, 5.74) is 0. The number of halogens is 1. The molecule has 0 fully saturated rings. The van der Waals surface area contributed by atoms with Gasteiger partial charge in [0.15, 0.2) is 0 Å². The number of benzene rings is 3. The number of carbonyl (C=O) groups excluding carboxylic acids is 2. The van der Waals surface area contributed by atoms with E-state index in [-0.39, 0.29) is 21.5 Å². The first-order chi connectivity index (χ1) is 14.6. The molecule has 30 heavy (non-hydrogen) atoms. The Morgan fingerprint density at radius 1 is 0.467 bits per heavy atom. The van der Waals surface area contributed by atoms with Gasteiger partial charge in [-0.2, -0.15) is 0 Å². The molecule has 0 spiro atoms. The summed E-state index contributed by atoms with van der Waals surface area (Å²) in [5.74, 6) is -0.539. The molecule has 0 amide bonds. The van der Waals surface area contributed by atoms with Crippen molar-refractivity contribution in [3.8, 4) is 0 Å². The van der Waals surface area contributed by atoms with E-state index in [4.69, 9.17) is 11.6 Å². The van der Waals surface area contributed by atoms with Crippen LogP contribution in [0.2, 0.25) is 0 Å². The van der Waals surface area contributed by atoms with Crippen LogP contribution in [-0.4, -0.2) is 11.6 Å². The maximum atomic E-state index is 13.5. The van der Waals surface area contributed by atoms with Crippen molar-refractivity contribution in [1.29, 1.82) is 0 Å². The summed E-state index contributed by atoms with van der Waals surface area (Å²) < 4.78 is 0. The van der Waals surface area contributed by atoms with Crippen molar-refractivity contribution < 1.29 is 9.59 Å². The second-order valence-electron chi connectivity index (χ2n) is 6.20. The SMILES string of the molecule is O=C1C(Cl)=C(Sc2ccccc2)C(=O)C(Sc2ccccc2)=C1Sc1ccccc1. The molecule has 0 radical (unpaired) electrons. The molecule has 0 aromatic heterocycles. The van der Waals surface area contributed by atoms with Gasteiger partial charge in [-0.05, 0) is 36.4 Å². The summed E-state index contributed by atoms with van der Waals surface area (Å²) in [6, 6.07) is 28.6. The van der Waals surface area contributed by atoms with E-state index in [1.807, 2.05) is 91.0 Å². The van der Waals surface area contributed by atoms with E-state index in [2.05, 4.69) is 0 Å². The zero-order valence-corrected chi connectivity index (χ0v) is 18.8. The van der Waals surface area contributed by atoms with E-state index in [1.54, 1.807) is 0 Å². The lowest BCUT2D eigenvalue weighted by Crippen LogP contribution is -2.18. The average Bonchev–Trinajstić information content (AvgIpc) is 2.79. The van der Waals surface area contributed by atoms with Crippen LogP contribution in [0.5, 0.6) is 0 Å². The largest absolute Gasteiger partial charge is 0.287 e. The molecule has 0 atom stereocenters. The van der Waals surface area contributed by atoms with Gasteiger partial charge in [0, 0.05) is 14.7 Å². The molecule has 3 aromatic carbocycles. The van der Waals surface area contributed by atoms with Crippen molar-refractivity contribution in [2.75, 3.05) is 0 Å². The average molecular weight is 467 g/mol. The van der Waals surface area contributed by atoms with E-state index in [0.717, 1.165) is 14.7 Å². The van der Waals surface area contributed by atoms with Gasteiger partial charge in [-0.1, -0.05) is 101 Å². The third-order valence-corrected chi connectivity index (χ3v) is 8.02. The fourth-order valence-electron chi connectivity index (χ4n) is 2.71. The number of allylic oxidation sites excluding steroid dienone is 4.